The van der Waals surface area contributed by atoms with Crippen LogP contribution in [0.3, 0.4) is 0 Å². The van der Waals surface area contributed by atoms with Crippen LogP contribution in [0.2, 0.25) is 0 Å². The van der Waals surface area contributed by atoms with E-state index < -0.39 is 15.6 Å². The number of ether oxygens (including phenoxy) is 2. The van der Waals surface area contributed by atoms with E-state index in [1.165, 1.54) is 37.0 Å². The molecule has 8 nitrogen and oxygen atoms in total. The summed E-state index contributed by atoms with van der Waals surface area (Å²) in [5.74, 6) is 1.04. The summed E-state index contributed by atoms with van der Waals surface area (Å²) in [6, 6.07) is 9.06. The van der Waals surface area contributed by atoms with Crippen molar-refractivity contribution in [2.24, 2.45) is 0 Å². The minimum absolute atomic E-state index is 0.000684. The van der Waals surface area contributed by atoms with Crippen molar-refractivity contribution in [3.8, 4) is 11.5 Å². The fourth-order valence-corrected chi connectivity index (χ4v) is 3.89. The monoisotopic (exact) mass is 391 g/mol. The molecule has 27 heavy (non-hydrogen) atoms. The number of fused-ring (bicyclic) bond motifs is 1. The average molecular weight is 391 g/mol. The summed E-state index contributed by atoms with van der Waals surface area (Å²) in [5.41, 5.74) is -1.36. The minimum atomic E-state index is -3.93. The number of rotatable bonds is 6. The van der Waals surface area contributed by atoms with Crippen LogP contribution < -0.4 is 14.2 Å². The second-order valence-electron chi connectivity index (χ2n) is 5.98. The zero-order chi connectivity index (χ0) is 18.9. The van der Waals surface area contributed by atoms with Gasteiger partial charge in [-0.25, -0.2) is 13.1 Å². The molecule has 3 heterocycles. The first-order chi connectivity index (χ1) is 13.0. The summed E-state index contributed by atoms with van der Waals surface area (Å²) in [5, 5.41) is 11.1. The van der Waals surface area contributed by atoms with Crippen LogP contribution in [0, 0.1) is 0 Å². The molecule has 3 aromatic rings. The lowest BCUT2D eigenvalue weighted by Crippen LogP contribution is -2.41. The third-order valence-electron chi connectivity index (χ3n) is 4.27. The smallest absolute Gasteiger partial charge is 0.240 e. The molecule has 9 heteroatoms. The molecule has 1 aromatic carbocycles. The predicted octanol–water partition coefficient (Wildman–Crippen LogP) is 1.86. The van der Waals surface area contributed by atoms with Crippen LogP contribution in [0.4, 0.5) is 0 Å². The van der Waals surface area contributed by atoms with Gasteiger partial charge in [0.25, 0.3) is 0 Å². The van der Waals surface area contributed by atoms with Gasteiger partial charge in [-0.3, -0.25) is 0 Å². The Labute approximate surface area is 155 Å². The van der Waals surface area contributed by atoms with E-state index >= 15 is 0 Å². The number of aliphatic hydroxyl groups is 1. The number of hydrogen-bond donors (Lipinski definition) is 2. The molecule has 1 aliphatic heterocycles. The fraction of sp³-hybridized carbons (Fsp3) is 0.222. The summed E-state index contributed by atoms with van der Waals surface area (Å²) < 4.78 is 49.0. The second-order valence-corrected chi connectivity index (χ2v) is 7.75. The highest BCUT2D eigenvalue weighted by Gasteiger charge is 2.37. The molecular formula is C18H17NO7S. The molecule has 1 aliphatic rings. The molecule has 2 N–H and O–H groups in total. The molecule has 0 fully saturated rings. The van der Waals surface area contributed by atoms with Crippen molar-refractivity contribution in [1.82, 2.24) is 4.72 Å². The first kappa shape index (κ1) is 17.7. The van der Waals surface area contributed by atoms with Crippen LogP contribution in [0.15, 0.2) is 68.9 Å². The molecule has 0 radical (unpaired) electrons. The van der Waals surface area contributed by atoms with Gasteiger partial charge in [0.15, 0.2) is 17.1 Å². The van der Waals surface area contributed by atoms with E-state index in [4.69, 9.17) is 18.3 Å². The standard InChI is InChI=1S/C18H17NO7S/c20-18(13-5-7-23-11-13,17-2-1-6-26-17)12-19-27(21,22)14-3-4-15-16(10-14)25-9-8-24-15/h1-7,10-11,19-20H,8-9,12H2/t18-/m0/s1. The SMILES string of the molecule is O=S(=O)(NC[C@](O)(c1ccoc1)c1ccco1)c1ccc2c(c1)OCCO2. The van der Waals surface area contributed by atoms with Gasteiger partial charge in [0.05, 0.1) is 30.2 Å². The Bertz CT molecular complexity index is 976. The maximum absolute atomic E-state index is 12.7. The molecule has 0 bridgehead atoms. The van der Waals surface area contributed by atoms with Gasteiger partial charge < -0.3 is 23.4 Å². The molecule has 0 saturated heterocycles. The number of hydrogen-bond acceptors (Lipinski definition) is 7. The maximum Gasteiger partial charge on any atom is 0.240 e. The van der Waals surface area contributed by atoms with E-state index in [0.29, 0.717) is 30.3 Å². The molecule has 0 saturated carbocycles. The summed E-state index contributed by atoms with van der Waals surface area (Å²) in [6.07, 6.45) is 4.12. The summed E-state index contributed by atoms with van der Waals surface area (Å²) >= 11 is 0. The molecule has 0 aliphatic carbocycles. The Morgan fingerprint density at radius 3 is 2.59 bits per heavy atom. The zero-order valence-corrected chi connectivity index (χ0v) is 14.9. The highest BCUT2D eigenvalue weighted by Crippen LogP contribution is 2.33. The van der Waals surface area contributed by atoms with Crippen LogP contribution in [0.5, 0.6) is 11.5 Å². The van der Waals surface area contributed by atoms with Gasteiger partial charge in [-0.1, -0.05) is 0 Å². The molecule has 2 aromatic heterocycles. The van der Waals surface area contributed by atoms with Crippen LogP contribution in [0.1, 0.15) is 11.3 Å². The van der Waals surface area contributed by atoms with Gasteiger partial charge >= 0.3 is 0 Å². The Morgan fingerprint density at radius 2 is 1.89 bits per heavy atom. The largest absolute Gasteiger partial charge is 0.486 e. The third kappa shape index (κ3) is 3.32. The van der Waals surface area contributed by atoms with Crippen molar-refractivity contribution in [2.45, 2.75) is 10.5 Å². The quantitative estimate of drug-likeness (QED) is 0.660. The highest BCUT2D eigenvalue weighted by molar-refractivity contribution is 7.89. The zero-order valence-electron chi connectivity index (χ0n) is 14.1. The van der Waals surface area contributed by atoms with Crippen molar-refractivity contribution >= 4 is 10.0 Å². The van der Waals surface area contributed by atoms with Crippen LogP contribution in [-0.2, 0) is 15.6 Å². The molecule has 1 atom stereocenters. The Balaban J connectivity index is 1.61. The second kappa shape index (κ2) is 6.76. The van der Waals surface area contributed by atoms with Crippen LogP contribution >= 0.6 is 0 Å². The lowest BCUT2D eigenvalue weighted by molar-refractivity contribution is 0.0613. The highest BCUT2D eigenvalue weighted by atomic mass is 32.2. The van der Waals surface area contributed by atoms with E-state index in [-0.39, 0.29) is 17.2 Å². The fourth-order valence-electron chi connectivity index (χ4n) is 2.82. The Kier molecular flexibility index (Phi) is 4.42. The number of sulfonamides is 1. The van der Waals surface area contributed by atoms with Gasteiger partial charge in [0.2, 0.25) is 10.0 Å². The van der Waals surface area contributed by atoms with Crippen LogP contribution in [0.25, 0.3) is 0 Å². The van der Waals surface area contributed by atoms with E-state index in [1.54, 1.807) is 18.2 Å². The van der Waals surface area contributed by atoms with Gasteiger partial charge in [-0.05, 0) is 30.3 Å². The first-order valence-electron chi connectivity index (χ1n) is 8.17. The molecule has 0 amide bonds. The van der Waals surface area contributed by atoms with Crippen molar-refractivity contribution in [3.63, 3.8) is 0 Å². The van der Waals surface area contributed by atoms with E-state index in [1.807, 2.05) is 0 Å². The van der Waals surface area contributed by atoms with Crippen molar-refractivity contribution in [2.75, 3.05) is 19.8 Å². The normalized spacial score (nSPS) is 16.0. The van der Waals surface area contributed by atoms with E-state index in [9.17, 15) is 13.5 Å². The van der Waals surface area contributed by atoms with Crippen LogP contribution in [-0.4, -0.2) is 33.3 Å². The van der Waals surface area contributed by atoms with Crippen molar-refractivity contribution < 1.29 is 31.8 Å². The molecular weight excluding hydrogens is 374 g/mol. The van der Waals surface area contributed by atoms with Gasteiger partial charge in [-0.2, -0.15) is 0 Å². The lowest BCUT2D eigenvalue weighted by atomic mass is 9.94. The summed E-state index contributed by atoms with van der Waals surface area (Å²) in [4.78, 5) is 0.000684. The number of furan rings is 2. The van der Waals surface area contributed by atoms with E-state index in [2.05, 4.69) is 4.72 Å². The number of benzene rings is 1. The lowest BCUT2D eigenvalue weighted by Gasteiger charge is -2.25. The average Bonchev–Trinajstić information content (AvgIpc) is 3.40. The first-order valence-corrected chi connectivity index (χ1v) is 9.66. The molecule has 0 unspecified atom stereocenters. The third-order valence-corrected chi connectivity index (χ3v) is 5.67. The molecule has 0 spiro atoms. The van der Waals surface area contributed by atoms with Gasteiger partial charge in [0.1, 0.15) is 19.0 Å². The van der Waals surface area contributed by atoms with Crippen molar-refractivity contribution in [3.05, 3.63) is 66.5 Å². The number of nitrogens with one attached hydrogen (secondary N) is 1. The predicted molar refractivity (Wildman–Crippen MR) is 93.0 cm³/mol. The summed E-state index contributed by atoms with van der Waals surface area (Å²) in [6.45, 7) is 0.414. The van der Waals surface area contributed by atoms with Gasteiger partial charge in [-0.15, -0.1) is 0 Å². The topological polar surface area (TPSA) is 111 Å². The Hall–Kier alpha value is -2.75. The summed E-state index contributed by atoms with van der Waals surface area (Å²) in [7, 11) is -3.93. The minimum Gasteiger partial charge on any atom is -0.486 e. The molecule has 4 rings (SSSR count). The maximum atomic E-state index is 12.7. The molecule has 142 valence electrons. The van der Waals surface area contributed by atoms with Gasteiger partial charge in [0, 0.05) is 11.6 Å². The van der Waals surface area contributed by atoms with E-state index in [0.717, 1.165) is 0 Å². The Morgan fingerprint density at radius 1 is 1.07 bits per heavy atom. The van der Waals surface area contributed by atoms with Crippen molar-refractivity contribution in [1.29, 1.82) is 0 Å².